The molecule has 6 heteroatoms. The Kier molecular flexibility index (Phi) is 7.70. The highest BCUT2D eigenvalue weighted by atomic mass is 79.9. The zero-order chi connectivity index (χ0) is 19.6. The molecule has 5 nitrogen and oxygen atoms in total. The Morgan fingerprint density at radius 3 is 2.43 bits per heavy atom. The molecule has 2 heterocycles. The van der Waals surface area contributed by atoms with Crippen LogP contribution < -0.4 is 10.6 Å². The molecule has 1 amide bonds. The molecule has 1 unspecified atom stereocenters. The van der Waals surface area contributed by atoms with E-state index in [9.17, 15) is 4.79 Å². The summed E-state index contributed by atoms with van der Waals surface area (Å²) < 4.78 is 0.915. The fourth-order valence-corrected chi connectivity index (χ4v) is 3.46. The number of benzene rings is 1. The molecule has 144 valence electrons. The Bertz CT molecular complexity index is 874. The van der Waals surface area contributed by atoms with Crippen LogP contribution in [0.15, 0.2) is 77.8 Å². The number of nitrogens with one attached hydrogen (secondary N) is 2. The number of amides is 1. The van der Waals surface area contributed by atoms with E-state index in [0.29, 0.717) is 13.1 Å². The molecule has 0 bridgehead atoms. The number of carbonyl (C=O) groups excluding carboxylic acids is 1. The monoisotopic (exact) mass is 438 g/mol. The van der Waals surface area contributed by atoms with Gasteiger partial charge in [-0.05, 0) is 53.8 Å². The highest BCUT2D eigenvalue weighted by Gasteiger charge is 2.21. The van der Waals surface area contributed by atoms with Gasteiger partial charge in [0.25, 0.3) is 0 Å². The van der Waals surface area contributed by atoms with Crippen LogP contribution in [-0.2, 0) is 17.6 Å². The second-order valence-electron chi connectivity index (χ2n) is 6.42. The molecule has 0 aliphatic heterocycles. The molecule has 0 aliphatic rings. The van der Waals surface area contributed by atoms with Gasteiger partial charge in [0.2, 0.25) is 5.91 Å². The third-order valence-electron chi connectivity index (χ3n) is 4.43. The zero-order valence-corrected chi connectivity index (χ0v) is 17.1. The number of halogens is 1. The van der Waals surface area contributed by atoms with E-state index >= 15 is 0 Å². The van der Waals surface area contributed by atoms with E-state index in [1.165, 1.54) is 0 Å². The Morgan fingerprint density at radius 1 is 0.893 bits per heavy atom. The van der Waals surface area contributed by atoms with Crippen LogP contribution in [0.3, 0.4) is 0 Å². The van der Waals surface area contributed by atoms with Gasteiger partial charge in [0.1, 0.15) is 6.04 Å². The van der Waals surface area contributed by atoms with Crippen molar-refractivity contribution < 1.29 is 4.79 Å². The van der Waals surface area contributed by atoms with E-state index in [2.05, 4.69) is 36.5 Å². The Hall–Kier alpha value is -2.57. The summed E-state index contributed by atoms with van der Waals surface area (Å²) in [5.74, 6) is -0.0351. The third kappa shape index (κ3) is 5.97. The summed E-state index contributed by atoms with van der Waals surface area (Å²) in [4.78, 5) is 21.1. The van der Waals surface area contributed by atoms with Gasteiger partial charge in [0, 0.05) is 42.3 Å². The SMILES string of the molecule is O=C(NCCc1ccncc1)C(NCCc1cccnc1)c1ccccc1Br. The summed E-state index contributed by atoms with van der Waals surface area (Å²) >= 11 is 3.57. The summed E-state index contributed by atoms with van der Waals surface area (Å²) in [5, 5.41) is 6.44. The van der Waals surface area contributed by atoms with E-state index in [4.69, 9.17) is 0 Å². The molecule has 0 spiro atoms. The van der Waals surface area contributed by atoms with Crippen LogP contribution in [0.5, 0.6) is 0 Å². The van der Waals surface area contributed by atoms with Crippen LogP contribution >= 0.6 is 15.9 Å². The molecule has 0 fully saturated rings. The number of hydrogen-bond acceptors (Lipinski definition) is 4. The molecular formula is C22H23BrN4O. The van der Waals surface area contributed by atoms with Crippen molar-refractivity contribution in [2.75, 3.05) is 13.1 Å². The molecule has 0 saturated carbocycles. The predicted octanol–water partition coefficient (Wildman–Crippen LogP) is 3.47. The van der Waals surface area contributed by atoms with Crippen molar-refractivity contribution in [2.45, 2.75) is 18.9 Å². The first-order valence-corrected chi connectivity index (χ1v) is 10.1. The Morgan fingerprint density at radius 2 is 1.68 bits per heavy atom. The van der Waals surface area contributed by atoms with Crippen molar-refractivity contribution >= 4 is 21.8 Å². The topological polar surface area (TPSA) is 66.9 Å². The summed E-state index contributed by atoms with van der Waals surface area (Å²) in [6.45, 7) is 1.25. The summed E-state index contributed by atoms with van der Waals surface area (Å²) in [7, 11) is 0. The second kappa shape index (κ2) is 10.7. The minimum Gasteiger partial charge on any atom is -0.354 e. The highest BCUT2D eigenvalue weighted by molar-refractivity contribution is 9.10. The van der Waals surface area contributed by atoms with Crippen LogP contribution in [0.2, 0.25) is 0 Å². The van der Waals surface area contributed by atoms with Crippen LogP contribution in [0, 0.1) is 0 Å². The molecule has 0 radical (unpaired) electrons. The summed E-state index contributed by atoms with van der Waals surface area (Å²) in [5.41, 5.74) is 3.21. The van der Waals surface area contributed by atoms with E-state index in [1.807, 2.05) is 54.7 Å². The van der Waals surface area contributed by atoms with Gasteiger partial charge in [0.15, 0.2) is 0 Å². The Labute approximate surface area is 173 Å². The lowest BCUT2D eigenvalue weighted by atomic mass is 10.1. The van der Waals surface area contributed by atoms with Crippen LogP contribution in [0.4, 0.5) is 0 Å². The normalized spacial score (nSPS) is 11.8. The van der Waals surface area contributed by atoms with Gasteiger partial charge in [0.05, 0.1) is 0 Å². The average molecular weight is 439 g/mol. The summed E-state index contributed by atoms with van der Waals surface area (Å²) in [6, 6.07) is 15.3. The van der Waals surface area contributed by atoms with Crippen molar-refractivity contribution in [2.24, 2.45) is 0 Å². The molecular weight excluding hydrogens is 416 g/mol. The number of aromatic nitrogens is 2. The molecule has 28 heavy (non-hydrogen) atoms. The predicted molar refractivity (Wildman–Crippen MR) is 114 cm³/mol. The van der Waals surface area contributed by atoms with Gasteiger partial charge in [-0.2, -0.15) is 0 Å². The minimum atomic E-state index is -0.426. The quantitative estimate of drug-likeness (QED) is 0.536. The molecule has 3 aromatic rings. The van der Waals surface area contributed by atoms with Crippen LogP contribution in [0.1, 0.15) is 22.7 Å². The lowest BCUT2D eigenvalue weighted by Crippen LogP contribution is -2.39. The van der Waals surface area contributed by atoms with Crippen molar-refractivity contribution in [1.82, 2.24) is 20.6 Å². The molecule has 3 rings (SSSR count). The maximum atomic E-state index is 12.9. The van der Waals surface area contributed by atoms with Gasteiger partial charge >= 0.3 is 0 Å². The number of rotatable bonds is 9. The Balaban J connectivity index is 1.61. The number of pyridine rings is 2. The van der Waals surface area contributed by atoms with Gasteiger partial charge in [-0.1, -0.05) is 40.2 Å². The van der Waals surface area contributed by atoms with E-state index < -0.39 is 6.04 Å². The maximum Gasteiger partial charge on any atom is 0.241 e. The maximum absolute atomic E-state index is 12.9. The molecule has 1 atom stereocenters. The number of nitrogens with zero attached hydrogens (tertiary/aromatic N) is 2. The lowest BCUT2D eigenvalue weighted by Gasteiger charge is -2.20. The molecule has 2 aromatic heterocycles. The fraction of sp³-hybridized carbons (Fsp3) is 0.227. The third-order valence-corrected chi connectivity index (χ3v) is 5.15. The average Bonchev–Trinajstić information content (AvgIpc) is 2.73. The van der Waals surface area contributed by atoms with E-state index in [1.54, 1.807) is 18.6 Å². The fourth-order valence-electron chi connectivity index (χ4n) is 2.94. The van der Waals surface area contributed by atoms with Crippen LogP contribution in [-0.4, -0.2) is 29.0 Å². The first-order valence-electron chi connectivity index (χ1n) is 9.27. The van der Waals surface area contributed by atoms with Crippen LogP contribution in [0.25, 0.3) is 0 Å². The minimum absolute atomic E-state index is 0.0351. The van der Waals surface area contributed by atoms with Crippen molar-refractivity contribution in [3.8, 4) is 0 Å². The van der Waals surface area contributed by atoms with E-state index in [0.717, 1.165) is 34.0 Å². The van der Waals surface area contributed by atoms with E-state index in [-0.39, 0.29) is 5.91 Å². The lowest BCUT2D eigenvalue weighted by molar-refractivity contribution is -0.123. The largest absolute Gasteiger partial charge is 0.354 e. The first kappa shape index (κ1) is 20.2. The van der Waals surface area contributed by atoms with Crippen molar-refractivity contribution in [3.05, 3.63) is 94.5 Å². The first-order chi connectivity index (χ1) is 13.7. The van der Waals surface area contributed by atoms with Gasteiger partial charge in [-0.25, -0.2) is 0 Å². The zero-order valence-electron chi connectivity index (χ0n) is 15.5. The van der Waals surface area contributed by atoms with Crippen molar-refractivity contribution in [3.63, 3.8) is 0 Å². The molecule has 0 aliphatic carbocycles. The van der Waals surface area contributed by atoms with Gasteiger partial charge in [-0.15, -0.1) is 0 Å². The molecule has 2 N–H and O–H groups in total. The smallest absolute Gasteiger partial charge is 0.241 e. The highest BCUT2D eigenvalue weighted by Crippen LogP contribution is 2.23. The van der Waals surface area contributed by atoms with Gasteiger partial charge < -0.3 is 10.6 Å². The number of hydrogen-bond donors (Lipinski definition) is 2. The summed E-state index contributed by atoms with van der Waals surface area (Å²) in [6.07, 6.45) is 8.72. The van der Waals surface area contributed by atoms with Crippen molar-refractivity contribution in [1.29, 1.82) is 0 Å². The number of carbonyl (C=O) groups is 1. The van der Waals surface area contributed by atoms with Gasteiger partial charge in [-0.3, -0.25) is 14.8 Å². The molecule has 1 aromatic carbocycles. The molecule has 0 saturated heterocycles. The standard InChI is InChI=1S/C22H23BrN4O/c23-20-6-2-1-5-19(20)21(26-14-10-18-4-3-11-25-16-18)22(28)27-15-9-17-7-12-24-13-8-17/h1-8,11-13,16,21,26H,9-10,14-15H2,(H,27,28). The second-order valence-corrected chi connectivity index (χ2v) is 7.27.